The summed E-state index contributed by atoms with van der Waals surface area (Å²) in [5.41, 5.74) is 12.8. The Kier molecular flexibility index (Phi) is 3.54. The number of thiazole rings is 1. The van der Waals surface area contributed by atoms with Gasteiger partial charge >= 0.3 is 0 Å². The quantitative estimate of drug-likeness (QED) is 0.246. The van der Waals surface area contributed by atoms with Crippen LogP contribution < -0.4 is 0 Å². The van der Waals surface area contributed by atoms with Gasteiger partial charge in [-0.1, -0.05) is 103 Å². The number of hydrogen-bond acceptors (Lipinski definition) is 2. The summed E-state index contributed by atoms with van der Waals surface area (Å²) in [4.78, 5) is 5.06. The second-order valence-corrected chi connectivity index (χ2v) is 10.1. The fraction of sp³-hybridized carbons (Fsp3) is 0.0312. The van der Waals surface area contributed by atoms with Crippen molar-refractivity contribution in [1.82, 2.24) is 4.98 Å². The summed E-state index contributed by atoms with van der Waals surface area (Å²) >= 11 is 1.78. The number of fused-ring (bicyclic) bond motifs is 11. The molecule has 0 amide bonds. The third-order valence-corrected chi connectivity index (χ3v) is 8.62. The third kappa shape index (κ3) is 2.12. The van der Waals surface area contributed by atoms with Crippen molar-refractivity contribution in [2.45, 2.75) is 5.41 Å². The number of nitrogens with zero attached hydrogens (tertiary/aromatic N) is 1. The van der Waals surface area contributed by atoms with Gasteiger partial charge in [-0.25, -0.2) is 4.98 Å². The first-order chi connectivity index (χ1) is 16.9. The minimum absolute atomic E-state index is 0.300. The Morgan fingerprint density at radius 3 is 1.71 bits per heavy atom. The van der Waals surface area contributed by atoms with Crippen molar-refractivity contribution in [1.29, 1.82) is 0 Å². The first kappa shape index (κ1) is 18.4. The van der Waals surface area contributed by atoms with E-state index in [0.29, 0.717) is 0 Å². The summed E-state index contributed by atoms with van der Waals surface area (Å²) < 4.78 is 1.23. The van der Waals surface area contributed by atoms with E-state index in [1.165, 1.54) is 54.8 Å². The molecule has 2 aliphatic carbocycles. The molecule has 1 heterocycles. The lowest BCUT2D eigenvalue weighted by Gasteiger charge is -2.30. The minimum Gasteiger partial charge on any atom is -0.236 e. The average molecular weight is 450 g/mol. The van der Waals surface area contributed by atoms with E-state index in [4.69, 9.17) is 4.98 Å². The highest BCUT2D eigenvalue weighted by Crippen LogP contribution is 2.63. The van der Waals surface area contributed by atoms with Crippen LogP contribution in [0.3, 0.4) is 0 Å². The van der Waals surface area contributed by atoms with Crippen LogP contribution in [-0.2, 0) is 5.41 Å². The van der Waals surface area contributed by atoms with E-state index in [1.54, 1.807) is 11.3 Å². The van der Waals surface area contributed by atoms with Crippen LogP contribution in [0, 0.1) is 0 Å². The van der Waals surface area contributed by atoms with Crippen LogP contribution in [0.4, 0.5) is 0 Å². The number of rotatable bonds is 1. The SMILES string of the molecule is c1ccc2c(c1)-c1ccccc1C21c2ccccc2-c2c(-c3nc4ccccc4s3)cccc21. The molecular formula is C32H19NS. The molecule has 8 rings (SSSR count). The Hall–Kier alpha value is -4.01. The van der Waals surface area contributed by atoms with Gasteiger partial charge in [-0.15, -0.1) is 11.3 Å². The molecule has 158 valence electrons. The molecule has 5 aromatic carbocycles. The summed E-state index contributed by atoms with van der Waals surface area (Å²) in [6.45, 7) is 0. The summed E-state index contributed by atoms with van der Waals surface area (Å²) in [6.07, 6.45) is 0. The lowest BCUT2D eigenvalue weighted by atomic mass is 9.70. The van der Waals surface area contributed by atoms with E-state index >= 15 is 0 Å². The van der Waals surface area contributed by atoms with Crippen molar-refractivity contribution in [3.8, 4) is 32.8 Å². The predicted octanol–water partition coefficient (Wildman–Crippen LogP) is 8.31. The minimum atomic E-state index is -0.300. The molecule has 0 radical (unpaired) electrons. The molecule has 2 aliphatic rings. The standard InChI is InChI=1S/C32H19NS/c1-4-14-24-20(10-1)21-11-2-5-15-25(21)32(24)26-16-6-3-12-22(26)30-23(13-9-17-27(30)32)31-33-28-18-7-8-19-29(28)34-31/h1-19H. The second kappa shape index (κ2) is 6.53. The Morgan fingerprint density at radius 2 is 1.00 bits per heavy atom. The van der Waals surface area contributed by atoms with E-state index in [1.807, 2.05) is 0 Å². The molecule has 0 saturated carbocycles. The Morgan fingerprint density at radius 1 is 0.471 bits per heavy atom. The first-order valence-corrected chi connectivity index (χ1v) is 12.5. The predicted molar refractivity (Wildman–Crippen MR) is 141 cm³/mol. The number of aromatic nitrogens is 1. The van der Waals surface area contributed by atoms with Crippen LogP contribution in [0.5, 0.6) is 0 Å². The van der Waals surface area contributed by atoms with E-state index < -0.39 is 0 Å². The van der Waals surface area contributed by atoms with Crippen LogP contribution in [0.15, 0.2) is 115 Å². The lowest BCUT2D eigenvalue weighted by Crippen LogP contribution is -2.25. The molecule has 2 heteroatoms. The van der Waals surface area contributed by atoms with Gasteiger partial charge in [-0.05, 0) is 56.6 Å². The molecule has 0 N–H and O–H groups in total. The molecule has 1 spiro atoms. The molecule has 0 bridgehead atoms. The van der Waals surface area contributed by atoms with Gasteiger partial charge in [-0.3, -0.25) is 0 Å². The van der Waals surface area contributed by atoms with Gasteiger partial charge in [-0.2, -0.15) is 0 Å². The highest BCUT2D eigenvalue weighted by molar-refractivity contribution is 7.21. The maximum atomic E-state index is 5.06. The summed E-state index contributed by atoms with van der Waals surface area (Å²) in [5.74, 6) is 0. The molecule has 1 aromatic heterocycles. The fourth-order valence-electron chi connectivity index (χ4n) is 6.31. The van der Waals surface area contributed by atoms with Crippen LogP contribution >= 0.6 is 11.3 Å². The molecular weight excluding hydrogens is 430 g/mol. The fourth-order valence-corrected chi connectivity index (χ4v) is 7.31. The lowest BCUT2D eigenvalue weighted by molar-refractivity contribution is 0.794. The topological polar surface area (TPSA) is 12.9 Å². The molecule has 34 heavy (non-hydrogen) atoms. The van der Waals surface area contributed by atoms with Gasteiger partial charge in [0.15, 0.2) is 0 Å². The zero-order chi connectivity index (χ0) is 22.3. The third-order valence-electron chi connectivity index (χ3n) is 7.55. The van der Waals surface area contributed by atoms with Crippen LogP contribution in [0.2, 0.25) is 0 Å². The monoisotopic (exact) mass is 449 g/mol. The van der Waals surface area contributed by atoms with Crippen molar-refractivity contribution in [3.63, 3.8) is 0 Å². The van der Waals surface area contributed by atoms with Gasteiger partial charge in [0, 0.05) is 5.56 Å². The smallest absolute Gasteiger partial charge is 0.125 e. The Bertz CT molecular complexity index is 1700. The van der Waals surface area contributed by atoms with E-state index in [0.717, 1.165) is 10.5 Å². The highest BCUT2D eigenvalue weighted by Gasteiger charge is 2.51. The van der Waals surface area contributed by atoms with Crippen LogP contribution in [-0.4, -0.2) is 4.98 Å². The van der Waals surface area contributed by atoms with E-state index in [9.17, 15) is 0 Å². The normalized spacial score (nSPS) is 14.1. The van der Waals surface area contributed by atoms with Gasteiger partial charge in [0.05, 0.1) is 15.6 Å². The zero-order valence-electron chi connectivity index (χ0n) is 18.3. The zero-order valence-corrected chi connectivity index (χ0v) is 19.1. The van der Waals surface area contributed by atoms with Crippen molar-refractivity contribution in [2.24, 2.45) is 0 Å². The number of benzene rings is 5. The maximum Gasteiger partial charge on any atom is 0.125 e. The summed E-state index contributed by atoms with van der Waals surface area (Å²) in [6, 6.07) is 42.1. The molecule has 0 atom stereocenters. The first-order valence-electron chi connectivity index (χ1n) is 11.7. The van der Waals surface area contributed by atoms with Crippen molar-refractivity contribution in [3.05, 3.63) is 138 Å². The van der Waals surface area contributed by atoms with Gasteiger partial charge in [0.25, 0.3) is 0 Å². The molecule has 0 unspecified atom stereocenters. The largest absolute Gasteiger partial charge is 0.236 e. The maximum absolute atomic E-state index is 5.06. The molecule has 0 saturated heterocycles. The van der Waals surface area contributed by atoms with Gasteiger partial charge in [0.2, 0.25) is 0 Å². The van der Waals surface area contributed by atoms with Crippen molar-refractivity contribution in [2.75, 3.05) is 0 Å². The van der Waals surface area contributed by atoms with E-state index in [2.05, 4.69) is 115 Å². The molecule has 0 fully saturated rings. The molecule has 0 aliphatic heterocycles. The van der Waals surface area contributed by atoms with Crippen molar-refractivity contribution < 1.29 is 0 Å². The Labute approximate surface area is 202 Å². The number of para-hydroxylation sites is 1. The highest BCUT2D eigenvalue weighted by atomic mass is 32.1. The average Bonchev–Trinajstić information content (AvgIpc) is 3.55. The summed E-state index contributed by atoms with van der Waals surface area (Å²) in [7, 11) is 0. The van der Waals surface area contributed by atoms with Crippen LogP contribution in [0.1, 0.15) is 22.3 Å². The Balaban J connectivity index is 1.53. The second-order valence-electron chi connectivity index (χ2n) is 9.10. The summed E-state index contributed by atoms with van der Waals surface area (Å²) in [5, 5.41) is 1.09. The molecule has 1 nitrogen and oxygen atoms in total. The van der Waals surface area contributed by atoms with Gasteiger partial charge < -0.3 is 0 Å². The number of hydrogen-bond donors (Lipinski definition) is 0. The van der Waals surface area contributed by atoms with Crippen molar-refractivity contribution >= 4 is 21.6 Å². The van der Waals surface area contributed by atoms with Crippen LogP contribution in [0.25, 0.3) is 43.0 Å². The van der Waals surface area contributed by atoms with E-state index in [-0.39, 0.29) is 5.41 Å². The molecule has 6 aromatic rings. The van der Waals surface area contributed by atoms with Gasteiger partial charge in [0.1, 0.15) is 5.01 Å².